The number of aromatic nitrogens is 1. The van der Waals surface area contributed by atoms with Gasteiger partial charge in [-0.05, 0) is 37.4 Å². The van der Waals surface area contributed by atoms with Crippen molar-refractivity contribution in [1.29, 1.82) is 0 Å². The largest absolute Gasteiger partial charge is 0.361 e. The molecule has 1 aromatic heterocycles. The number of H-pyrrole nitrogens is 1. The zero-order valence-electron chi connectivity index (χ0n) is 12.3. The number of rotatable bonds is 4. The van der Waals surface area contributed by atoms with Gasteiger partial charge in [0.2, 0.25) is 5.91 Å². The molecule has 1 saturated heterocycles. The highest BCUT2D eigenvalue weighted by molar-refractivity contribution is 5.84. The molecule has 0 aliphatic carbocycles. The van der Waals surface area contributed by atoms with E-state index in [0.29, 0.717) is 12.5 Å². The number of amides is 1. The Morgan fingerprint density at radius 2 is 2.19 bits per heavy atom. The first-order valence-electron chi connectivity index (χ1n) is 7.88. The average molecular weight is 285 g/mol. The van der Waals surface area contributed by atoms with Gasteiger partial charge < -0.3 is 15.6 Å². The Kier molecular flexibility index (Phi) is 4.55. The van der Waals surface area contributed by atoms with Crippen LogP contribution in [0.3, 0.4) is 0 Å². The van der Waals surface area contributed by atoms with Crippen molar-refractivity contribution in [2.75, 3.05) is 13.1 Å². The van der Waals surface area contributed by atoms with Gasteiger partial charge >= 0.3 is 0 Å². The van der Waals surface area contributed by atoms with Crippen LogP contribution in [0.4, 0.5) is 0 Å². The standard InChI is InChI=1S/C17H23N3O/c21-17(20-14-5-3-4-10-18-12-14)9-8-13-11-19-16-7-2-1-6-15(13)16/h1-2,6-7,11,14,18-19H,3-5,8-10,12H2,(H,20,21). The minimum absolute atomic E-state index is 0.161. The lowest BCUT2D eigenvalue weighted by Gasteiger charge is -2.16. The smallest absolute Gasteiger partial charge is 0.220 e. The van der Waals surface area contributed by atoms with E-state index in [-0.39, 0.29) is 5.91 Å². The zero-order chi connectivity index (χ0) is 14.5. The number of fused-ring (bicyclic) bond motifs is 1. The van der Waals surface area contributed by atoms with Crippen LogP contribution in [0.2, 0.25) is 0 Å². The molecule has 1 fully saturated rings. The topological polar surface area (TPSA) is 56.9 Å². The van der Waals surface area contributed by atoms with Gasteiger partial charge in [0.25, 0.3) is 0 Å². The molecule has 4 nitrogen and oxygen atoms in total. The van der Waals surface area contributed by atoms with Crippen molar-refractivity contribution in [3.63, 3.8) is 0 Å². The lowest BCUT2D eigenvalue weighted by molar-refractivity contribution is -0.121. The predicted octanol–water partition coefficient (Wildman–Crippen LogP) is 2.36. The first-order valence-corrected chi connectivity index (χ1v) is 7.88. The van der Waals surface area contributed by atoms with Crippen LogP contribution in [0, 0.1) is 0 Å². The molecule has 0 bridgehead atoms. The highest BCUT2D eigenvalue weighted by Gasteiger charge is 2.14. The second-order valence-electron chi connectivity index (χ2n) is 5.82. The Balaban J connectivity index is 1.53. The molecule has 0 spiro atoms. The third-order valence-corrected chi connectivity index (χ3v) is 4.21. The molecule has 2 heterocycles. The maximum absolute atomic E-state index is 12.1. The molecule has 2 aromatic rings. The maximum Gasteiger partial charge on any atom is 0.220 e. The number of benzene rings is 1. The third-order valence-electron chi connectivity index (χ3n) is 4.21. The van der Waals surface area contributed by atoms with Crippen LogP contribution in [0.5, 0.6) is 0 Å². The van der Waals surface area contributed by atoms with Crippen molar-refractivity contribution in [3.8, 4) is 0 Å². The van der Waals surface area contributed by atoms with Gasteiger partial charge in [0, 0.05) is 36.1 Å². The molecule has 1 aliphatic rings. The SMILES string of the molecule is O=C(CCc1c[nH]c2ccccc12)NC1CCCCNC1. The fourth-order valence-corrected chi connectivity index (χ4v) is 3.03. The van der Waals surface area contributed by atoms with Crippen LogP contribution in [0.1, 0.15) is 31.2 Å². The van der Waals surface area contributed by atoms with Gasteiger partial charge in [0.05, 0.1) is 0 Å². The Morgan fingerprint density at radius 1 is 1.29 bits per heavy atom. The lowest BCUT2D eigenvalue weighted by Crippen LogP contribution is -2.40. The lowest BCUT2D eigenvalue weighted by atomic mass is 10.1. The minimum Gasteiger partial charge on any atom is -0.361 e. The molecule has 3 N–H and O–H groups in total. The van der Waals surface area contributed by atoms with E-state index in [1.54, 1.807) is 0 Å². The second kappa shape index (κ2) is 6.76. The van der Waals surface area contributed by atoms with Gasteiger partial charge in [-0.2, -0.15) is 0 Å². The predicted molar refractivity (Wildman–Crippen MR) is 85.3 cm³/mol. The summed E-state index contributed by atoms with van der Waals surface area (Å²) in [7, 11) is 0. The first-order chi connectivity index (χ1) is 10.3. The van der Waals surface area contributed by atoms with Crippen molar-refractivity contribution in [2.24, 2.45) is 0 Å². The molecular formula is C17H23N3O. The number of para-hydroxylation sites is 1. The Bertz CT molecular complexity index is 597. The molecule has 1 aliphatic heterocycles. The fourth-order valence-electron chi connectivity index (χ4n) is 3.03. The van der Waals surface area contributed by atoms with Crippen molar-refractivity contribution < 1.29 is 4.79 Å². The first kappa shape index (κ1) is 14.1. The molecule has 1 aromatic carbocycles. The Hall–Kier alpha value is -1.81. The highest BCUT2D eigenvalue weighted by Crippen LogP contribution is 2.18. The number of carbonyl (C=O) groups excluding carboxylic acids is 1. The van der Waals surface area contributed by atoms with E-state index in [2.05, 4.69) is 27.8 Å². The van der Waals surface area contributed by atoms with E-state index >= 15 is 0 Å². The number of hydrogen-bond donors (Lipinski definition) is 3. The van der Waals surface area contributed by atoms with Crippen LogP contribution < -0.4 is 10.6 Å². The van der Waals surface area contributed by atoms with Crippen LogP contribution in [0.25, 0.3) is 10.9 Å². The summed E-state index contributed by atoms with van der Waals surface area (Å²) in [4.78, 5) is 15.4. The number of hydrogen-bond acceptors (Lipinski definition) is 2. The van der Waals surface area contributed by atoms with Crippen molar-refractivity contribution in [2.45, 2.75) is 38.1 Å². The summed E-state index contributed by atoms with van der Waals surface area (Å²) >= 11 is 0. The molecule has 4 heteroatoms. The molecule has 1 atom stereocenters. The minimum atomic E-state index is 0.161. The molecule has 1 unspecified atom stereocenters. The van der Waals surface area contributed by atoms with Crippen LogP contribution in [0.15, 0.2) is 30.5 Å². The van der Waals surface area contributed by atoms with Crippen molar-refractivity contribution in [1.82, 2.24) is 15.6 Å². The molecule has 3 rings (SSSR count). The van der Waals surface area contributed by atoms with Gasteiger partial charge in [-0.3, -0.25) is 4.79 Å². The summed E-state index contributed by atoms with van der Waals surface area (Å²) in [5.41, 5.74) is 2.36. The number of carbonyl (C=O) groups is 1. The van der Waals surface area contributed by atoms with E-state index in [1.165, 1.54) is 23.8 Å². The molecule has 1 amide bonds. The van der Waals surface area contributed by atoms with Crippen LogP contribution in [-0.2, 0) is 11.2 Å². The summed E-state index contributed by atoms with van der Waals surface area (Å²) in [6, 6.07) is 8.53. The third kappa shape index (κ3) is 3.64. The zero-order valence-corrected chi connectivity index (χ0v) is 12.3. The summed E-state index contributed by atoms with van der Waals surface area (Å²) in [5, 5.41) is 7.76. The monoisotopic (exact) mass is 285 g/mol. The number of aryl methyl sites for hydroxylation is 1. The van der Waals surface area contributed by atoms with E-state index in [4.69, 9.17) is 0 Å². The molecule has 21 heavy (non-hydrogen) atoms. The highest BCUT2D eigenvalue weighted by atomic mass is 16.1. The van der Waals surface area contributed by atoms with Crippen LogP contribution >= 0.6 is 0 Å². The van der Waals surface area contributed by atoms with E-state index in [1.807, 2.05) is 18.3 Å². The second-order valence-corrected chi connectivity index (χ2v) is 5.82. The number of aromatic amines is 1. The van der Waals surface area contributed by atoms with E-state index < -0.39 is 0 Å². The van der Waals surface area contributed by atoms with Crippen molar-refractivity contribution >= 4 is 16.8 Å². The van der Waals surface area contributed by atoms with Gasteiger partial charge in [-0.15, -0.1) is 0 Å². The Morgan fingerprint density at radius 3 is 3.14 bits per heavy atom. The number of nitrogens with one attached hydrogen (secondary N) is 3. The van der Waals surface area contributed by atoms with E-state index in [9.17, 15) is 4.79 Å². The molecule has 0 radical (unpaired) electrons. The normalized spacial score (nSPS) is 19.3. The summed E-state index contributed by atoms with van der Waals surface area (Å²) in [6.45, 7) is 1.97. The Labute approximate surface area is 125 Å². The van der Waals surface area contributed by atoms with Gasteiger partial charge in [-0.1, -0.05) is 24.6 Å². The fraction of sp³-hybridized carbons (Fsp3) is 0.471. The molecule has 0 saturated carbocycles. The van der Waals surface area contributed by atoms with Gasteiger partial charge in [0.1, 0.15) is 0 Å². The quantitative estimate of drug-likeness (QED) is 0.807. The summed E-state index contributed by atoms with van der Waals surface area (Å²) in [5.74, 6) is 0.161. The van der Waals surface area contributed by atoms with Gasteiger partial charge in [0.15, 0.2) is 0 Å². The summed E-state index contributed by atoms with van der Waals surface area (Å²) in [6.07, 6.45) is 6.85. The van der Waals surface area contributed by atoms with Crippen molar-refractivity contribution in [3.05, 3.63) is 36.0 Å². The van der Waals surface area contributed by atoms with Gasteiger partial charge in [-0.25, -0.2) is 0 Å². The van der Waals surface area contributed by atoms with E-state index in [0.717, 1.165) is 31.4 Å². The van der Waals surface area contributed by atoms with Crippen LogP contribution in [-0.4, -0.2) is 30.0 Å². The average Bonchev–Trinajstić information content (AvgIpc) is 2.74. The summed E-state index contributed by atoms with van der Waals surface area (Å²) < 4.78 is 0. The molecular weight excluding hydrogens is 262 g/mol. The maximum atomic E-state index is 12.1. The molecule has 112 valence electrons.